The summed E-state index contributed by atoms with van der Waals surface area (Å²) in [7, 11) is 3.27. The lowest BCUT2D eigenvalue weighted by atomic mass is 10.1. The maximum absolute atomic E-state index is 13.3. The molecule has 0 bridgehead atoms. The standard InChI is InChI=1S/C17H18FNO2/c1-20-13-5-8-16(17(10-13)21-2)19-15-7-3-11-9-12(18)4-6-14(11)15/h4-6,8-10,15,19H,3,7H2,1-2H3. The van der Waals surface area contributed by atoms with Crippen molar-refractivity contribution >= 4 is 5.69 Å². The first kappa shape index (κ1) is 13.7. The lowest BCUT2D eigenvalue weighted by molar-refractivity contribution is 0.395. The van der Waals surface area contributed by atoms with E-state index in [0.29, 0.717) is 0 Å². The molecule has 1 atom stereocenters. The first-order valence-electron chi connectivity index (χ1n) is 6.98. The second kappa shape index (κ2) is 5.64. The van der Waals surface area contributed by atoms with Gasteiger partial charge < -0.3 is 14.8 Å². The molecule has 0 fully saturated rings. The smallest absolute Gasteiger partial charge is 0.145 e. The molecule has 4 heteroatoms. The summed E-state index contributed by atoms with van der Waals surface area (Å²) in [5.41, 5.74) is 3.16. The molecule has 0 saturated heterocycles. The fourth-order valence-corrected chi connectivity index (χ4v) is 2.84. The van der Waals surface area contributed by atoms with Gasteiger partial charge in [0.15, 0.2) is 0 Å². The Morgan fingerprint density at radius 3 is 2.71 bits per heavy atom. The van der Waals surface area contributed by atoms with Gasteiger partial charge in [0.05, 0.1) is 25.9 Å². The van der Waals surface area contributed by atoms with Gasteiger partial charge in [-0.25, -0.2) is 4.39 Å². The van der Waals surface area contributed by atoms with Crippen molar-refractivity contribution in [2.75, 3.05) is 19.5 Å². The van der Waals surface area contributed by atoms with Crippen molar-refractivity contribution in [3.63, 3.8) is 0 Å². The predicted octanol–water partition coefficient (Wildman–Crippen LogP) is 3.94. The molecular formula is C17H18FNO2. The van der Waals surface area contributed by atoms with Crippen LogP contribution in [0.15, 0.2) is 36.4 Å². The average molecular weight is 287 g/mol. The lowest BCUT2D eigenvalue weighted by Crippen LogP contribution is -2.08. The summed E-state index contributed by atoms with van der Waals surface area (Å²) in [6, 6.07) is 10.9. The van der Waals surface area contributed by atoms with Crippen LogP contribution in [0.5, 0.6) is 11.5 Å². The maximum atomic E-state index is 13.3. The summed E-state index contributed by atoms with van der Waals surface area (Å²) in [6.45, 7) is 0. The quantitative estimate of drug-likeness (QED) is 0.924. The monoisotopic (exact) mass is 287 g/mol. The number of fused-ring (bicyclic) bond motifs is 1. The summed E-state index contributed by atoms with van der Waals surface area (Å²) in [4.78, 5) is 0. The van der Waals surface area contributed by atoms with Crippen LogP contribution in [-0.2, 0) is 6.42 Å². The van der Waals surface area contributed by atoms with Crippen LogP contribution < -0.4 is 14.8 Å². The molecule has 2 aromatic carbocycles. The van der Waals surface area contributed by atoms with E-state index in [1.165, 1.54) is 6.07 Å². The summed E-state index contributed by atoms with van der Waals surface area (Å²) in [5, 5.41) is 3.48. The zero-order valence-corrected chi connectivity index (χ0v) is 12.2. The van der Waals surface area contributed by atoms with Crippen LogP contribution in [0.3, 0.4) is 0 Å². The van der Waals surface area contributed by atoms with Gasteiger partial charge in [0, 0.05) is 6.07 Å². The molecule has 0 saturated carbocycles. The molecule has 0 aliphatic heterocycles. The number of hydrogen-bond donors (Lipinski definition) is 1. The van der Waals surface area contributed by atoms with Gasteiger partial charge in [-0.3, -0.25) is 0 Å². The van der Waals surface area contributed by atoms with Crippen molar-refractivity contribution in [1.29, 1.82) is 0 Å². The zero-order chi connectivity index (χ0) is 14.8. The third kappa shape index (κ3) is 2.66. The Labute approximate surface area is 123 Å². The number of rotatable bonds is 4. The fourth-order valence-electron chi connectivity index (χ4n) is 2.84. The van der Waals surface area contributed by atoms with E-state index in [9.17, 15) is 4.39 Å². The van der Waals surface area contributed by atoms with Crippen molar-refractivity contribution in [2.45, 2.75) is 18.9 Å². The Bertz CT molecular complexity index is 657. The largest absolute Gasteiger partial charge is 0.497 e. The van der Waals surface area contributed by atoms with E-state index < -0.39 is 0 Å². The molecule has 0 heterocycles. The Hall–Kier alpha value is -2.23. The fraction of sp³-hybridized carbons (Fsp3) is 0.294. The van der Waals surface area contributed by atoms with E-state index in [1.807, 2.05) is 24.3 Å². The van der Waals surface area contributed by atoms with Crippen LogP contribution in [0.25, 0.3) is 0 Å². The van der Waals surface area contributed by atoms with Crippen LogP contribution in [0.1, 0.15) is 23.6 Å². The topological polar surface area (TPSA) is 30.5 Å². The summed E-state index contributed by atoms with van der Waals surface area (Å²) in [5.74, 6) is 1.33. The average Bonchev–Trinajstić information content (AvgIpc) is 2.89. The van der Waals surface area contributed by atoms with Gasteiger partial charge in [-0.2, -0.15) is 0 Å². The predicted molar refractivity (Wildman–Crippen MR) is 80.6 cm³/mol. The Kier molecular flexibility index (Phi) is 3.69. The molecular weight excluding hydrogens is 269 g/mol. The van der Waals surface area contributed by atoms with Crippen molar-refractivity contribution in [3.05, 3.63) is 53.3 Å². The van der Waals surface area contributed by atoms with Gasteiger partial charge in [-0.05, 0) is 48.2 Å². The minimum Gasteiger partial charge on any atom is -0.497 e. The van der Waals surface area contributed by atoms with Crippen LogP contribution >= 0.6 is 0 Å². The normalized spacial score (nSPS) is 16.4. The maximum Gasteiger partial charge on any atom is 0.145 e. The Morgan fingerprint density at radius 1 is 1.10 bits per heavy atom. The zero-order valence-electron chi connectivity index (χ0n) is 12.2. The summed E-state index contributed by atoms with van der Waals surface area (Å²) < 4.78 is 23.9. The molecule has 21 heavy (non-hydrogen) atoms. The number of methoxy groups -OCH3 is 2. The second-order valence-corrected chi connectivity index (χ2v) is 5.14. The minimum absolute atomic E-state index is 0.170. The molecule has 1 aliphatic carbocycles. The SMILES string of the molecule is COc1ccc(NC2CCc3cc(F)ccc32)c(OC)c1. The molecule has 1 aliphatic rings. The Morgan fingerprint density at radius 2 is 1.95 bits per heavy atom. The van der Waals surface area contributed by atoms with Crippen molar-refractivity contribution in [1.82, 2.24) is 0 Å². The van der Waals surface area contributed by atoms with Gasteiger partial charge in [0.1, 0.15) is 17.3 Å². The van der Waals surface area contributed by atoms with E-state index in [4.69, 9.17) is 9.47 Å². The highest BCUT2D eigenvalue weighted by Crippen LogP contribution is 2.37. The van der Waals surface area contributed by atoms with Gasteiger partial charge >= 0.3 is 0 Å². The third-order valence-electron chi connectivity index (χ3n) is 3.92. The number of ether oxygens (including phenoxy) is 2. The van der Waals surface area contributed by atoms with Gasteiger partial charge in [0.2, 0.25) is 0 Å². The van der Waals surface area contributed by atoms with Crippen LogP contribution in [0.2, 0.25) is 0 Å². The lowest BCUT2D eigenvalue weighted by Gasteiger charge is -2.18. The van der Waals surface area contributed by atoms with Crippen molar-refractivity contribution in [3.8, 4) is 11.5 Å². The van der Waals surface area contributed by atoms with E-state index in [-0.39, 0.29) is 11.9 Å². The van der Waals surface area contributed by atoms with Gasteiger partial charge in [-0.1, -0.05) is 6.07 Å². The highest BCUT2D eigenvalue weighted by Gasteiger charge is 2.23. The number of benzene rings is 2. The molecule has 0 spiro atoms. The van der Waals surface area contributed by atoms with E-state index >= 15 is 0 Å². The van der Waals surface area contributed by atoms with E-state index in [2.05, 4.69) is 5.32 Å². The molecule has 2 aromatic rings. The van der Waals surface area contributed by atoms with Crippen molar-refractivity contribution in [2.24, 2.45) is 0 Å². The molecule has 1 unspecified atom stereocenters. The molecule has 3 rings (SSSR count). The third-order valence-corrected chi connectivity index (χ3v) is 3.92. The molecule has 3 nitrogen and oxygen atoms in total. The van der Waals surface area contributed by atoms with Crippen LogP contribution in [-0.4, -0.2) is 14.2 Å². The number of nitrogens with one attached hydrogen (secondary N) is 1. The number of halogens is 1. The number of aryl methyl sites for hydroxylation is 1. The summed E-state index contributed by atoms with van der Waals surface area (Å²) in [6.07, 6.45) is 1.84. The first-order valence-corrected chi connectivity index (χ1v) is 6.98. The summed E-state index contributed by atoms with van der Waals surface area (Å²) >= 11 is 0. The van der Waals surface area contributed by atoms with Crippen molar-refractivity contribution < 1.29 is 13.9 Å². The molecule has 0 aromatic heterocycles. The Balaban J connectivity index is 1.86. The first-order chi connectivity index (χ1) is 10.2. The highest BCUT2D eigenvalue weighted by molar-refractivity contribution is 5.60. The molecule has 1 N–H and O–H groups in total. The van der Waals surface area contributed by atoms with E-state index in [1.54, 1.807) is 20.3 Å². The number of anilines is 1. The highest BCUT2D eigenvalue weighted by atomic mass is 19.1. The molecule has 110 valence electrons. The van der Waals surface area contributed by atoms with Gasteiger partial charge in [0.25, 0.3) is 0 Å². The van der Waals surface area contributed by atoms with Crippen LogP contribution in [0.4, 0.5) is 10.1 Å². The number of hydrogen-bond acceptors (Lipinski definition) is 3. The van der Waals surface area contributed by atoms with Gasteiger partial charge in [-0.15, -0.1) is 0 Å². The molecule has 0 radical (unpaired) electrons. The second-order valence-electron chi connectivity index (χ2n) is 5.14. The van der Waals surface area contributed by atoms with Crippen LogP contribution in [0, 0.1) is 5.82 Å². The molecule has 0 amide bonds. The minimum atomic E-state index is -0.170. The van der Waals surface area contributed by atoms with E-state index in [0.717, 1.165) is 41.2 Å².